The molecule has 0 saturated heterocycles. The van der Waals surface area contributed by atoms with Gasteiger partial charge in [-0.15, -0.1) is 12.4 Å². The van der Waals surface area contributed by atoms with E-state index in [4.69, 9.17) is 5.11 Å². The molecule has 13 heavy (non-hydrogen) atoms. The summed E-state index contributed by atoms with van der Waals surface area (Å²) in [4.78, 5) is 10.5. The van der Waals surface area contributed by atoms with Gasteiger partial charge in [0.2, 0.25) is 0 Å². The summed E-state index contributed by atoms with van der Waals surface area (Å²) in [7, 11) is 0. The van der Waals surface area contributed by atoms with E-state index in [0.717, 1.165) is 12.8 Å². The molecular weight excluding hydrogens is 192 g/mol. The third-order valence-electron chi connectivity index (χ3n) is 2.36. The van der Waals surface area contributed by atoms with Gasteiger partial charge in [-0.25, -0.2) is 0 Å². The Kier molecular flexibility index (Phi) is 2.93. The first-order valence-corrected chi connectivity index (χ1v) is 3.99. The lowest BCUT2D eigenvalue weighted by atomic mass is 9.80. The van der Waals surface area contributed by atoms with Gasteiger partial charge in [-0.2, -0.15) is 5.10 Å². The van der Waals surface area contributed by atoms with E-state index in [-0.39, 0.29) is 18.3 Å². The van der Waals surface area contributed by atoms with E-state index in [9.17, 15) is 4.79 Å². The SMILES string of the molecule is Cl.O=C(O)C1CC(n2cccn2)C1. The van der Waals surface area contributed by atoms with E-state index in [1.54, 1.807) is 6.20 Å². The summed E-state index contributed by atoms with van der Waals surface area (Å²) in [6.07, 6.45) is 5.03. The van der Waals surface area contributed by atoms with E-state index in [2.05, 4.69) is 5.10 Å². The second-order valence-electron chi connectivity index (χ2n) is 3.15. The van der Waals surface area contributed by atoms with Crippen molar-refractivity contribution in [1.82, 2.24) is 9.78 Å². The fourth-order valence-electron chi connectivity index (χ4n) is 1.50. The lowest BCUT2D eigenvalue weighted by Gasteiger charge is -2.32. The Morgan fingerprint density at radius 1 is 1.54 bits per heavy atom. The quantitative estimate of drug-likeness (QED) is 0.788. The predicted molar refractivity (Wildman–Crippen MR) is 48.9 cm³/mol. The van der Waals surface area contributed by atoms with Crippen molar-refractivity contribution in [1.29, 1.82) is 0 Å². The van der Waals surface area contributed by atoms with Crippen LogP contribution in [-0.4, -0.2) is 20.9 Å². The molecule has 0 radical (unpaired) electrons. The molecule has 0 spiro atoms. The number of hydrogen-bond donors (Lipinski definition) is 1. The van der Waals surface area contributed by atoms with E-state index >= 15 is 0 Å². The highest BCUT2D eigenvalue weighted by atomic mass is 35.5. The molecule has 0 aliphatic heterocycles. The molecule has 1 N–H and O–H groups in total. The van der Waals surface area contributed by atoms with Crippen molar-refractivity contribution in [2.75, 3.05) is 0 Å². The summed E-state index contributed by atoms with van der Waals surface area (Å²) in [5, 5.41) is 12.7. The molecule has 0 aromatic carbocycles. The van der Waals surface area contributed by atoms with Gasteiger partial charge in [-0.3, -0.25) is 9.48 Å². The number of halogens is 1. The Hall–Kier alpha value is -1.03. The second-order valence-corrected chi connectivity index (χ2v) is 3.15. The monoisotopic (exact) mass is 202 g/mol. The molecule has 1 aromatic heterocycles. The summed E-state index contributed by atoms with van der Waals surface area (Å²) < 4.78 is 1.83. The van der Waals surface area contributed by atoms with Crippen LogP contribution in [0.15, 0.2) is 18.5 Å². The highest BCUT2D eigenvalue weighted by molar-refractivity contribution is 5.85. The Bertz CT molecular complexity index is 280. The largest absolute Gasteiger partial charge is 0.481 e. The first-order chi connectivity index (χ1) is 5.77. The molecule has 1 saturated carbocycles. The van der Waals surface area contributed by atoms with Crippen LogP contribution in [0.4, 0.5) is 0 Å². The number of hydrogen-bond acceptors (Lipinski definition) is 2. The molecule has 72 valence electrons. The summed E-state index contributed by atoms with van der Waals surface area (Å²) >= 11 is 0. The number of carbonyl (C=O) groups is 1. The molecule has 1 aromatic rings. The van der Waals surface area contributed by atoms with Crippen molar-refractivity contribution in [2.45, 2.75) is 18.9 Å². The van der Waals surface area contributed by atoms with Crippen molar-refractivity contribution >= 4 is 18.4 Å². The van der Waals surface area contributed by atoms with Gasteiger partial charge < -0.3 is 5.11 Å². The average molecular weight is 203 g/mol. The van der Waals surface area contributed by atoms with E-state index in [0.29, 0.717) is 6.04 Å². The second kappa shape index (κ2) is 3.79. The van der Waals surface area contributed by atoms with Crippen molar-refractivity contribution in [3.8, 4) is 0 Å². The van der Waals surface area contributed by atoms with Crippen molar-refractivity contribution < 1.29 is 9.90 Å². The lowest BCUT2D eigenvalue weighted by Crippen LogP contribution is -2.32. The molecule has 0 bridgehead atoms. The number of aliphatic carboxylic acids is 1. The van der Waals surface area contributed by atoms with Crippen LogP contribution in [0, 0.1) is 5.92 Å². The first-order valence-electron chi connectivity index (χ1n) is 3.99. The smallest absolute Gasteiger partial charge is 0.306 e. The van der Waals surface area contributed by atoms with Crippen molar-refractivity contribution in [3.63, 3.8) is 0 Å². The molecule has 2 rings (SSSR count). The highest BCUT2D eigenvalue weighted by Gasteiger charge is 2.35. The van der Waals surface area contributed by atoms with Crippen molar-refractivity contribution in [3.05, 3.63) is 18.5 Å². The van der Waals surface area contributed by atoms with Gasteiger partial charge in [0.15, 0.2) is 0 Å². The maximum Gasteiger partial charge on any atom is 0.306 e. The van der Waals surface area contributed by atoms with Crippen LogP contribution >= 0.6 is 12.4 Å². The highest BCUT2D eigenvalue weighted by Crippen LogP contribution is 2.36. The summed E-state index contributed by atoms with van der Waals surface area (Å²) in [6, 6.07) is 2.16. The van der Waals surface area contributed by atoms with Crippen LogP contribution < -0.4 is 0 Å². The molecule has 0 amide bonds. The summed E-state index contributed by atoms with van der Waals surface area (Å²) in [5.74, 6) is -0.836. The summed E-state index contributed by atoms with van der Waals surface area (Å²) in [5.41, 5.74) is 0. The molecule has 1 heterocycles. The van der Waals surface area contributed by atoms with E-state index < -0.39 is 5.97 Å². The number of carboxylic acid groups (broad SMARTS) is 1. The molecular formula is C8H11ClN2O2. The van der Waals surface area contributed by atoms with Gasteiger partial charge in [0.1, 0.15) is 0 Å². The first kappa shape index (κ1) is 10.1. The Morgan fingerprint density at radius 3 is 2.69 bits per heavy atom. The van der Waals surface area contributed by atoms with Crippen LogP contribution in [0.3, 0.4) is 0 Å². The third kappa shape index (κ3) is 1.83. The number of aromatic nitrogens is 2. The van der Waals surface area contributed by atoms with Crippen molar-refractivity contribution in [2.24, 2.45) is 5.92 Å². The maximum atomic E-state index is 10.5. The third-order valence-corrected chi connectivity index (χ3v) is 2.36. The Morgan fingerprint density at radius 2 is 2.23 bits per heavy atom. The van der Waals surface area contributed by atoms with Crippen LogP contribution in [0.2, 0.25) is 0 Å². The topological polar surface area (TPSA) is 55.1 Å². The standard InChI is InChI=1S/C8H10N2O2.ClH/c11-8(12)6-4-7(5-6)10-3-1-2-9-10;/h1-3,6-7H,4-5H2,(H,11,12);1H. The molecule has 1 aliphatic carbocycles. The zero-order valence-corrected chi connectivity index (χ0v) is 7.78. The van der Waals surface area contributed by atoms with Gasteiger partial charge in [0.05, 0.1) is 12.0 Å². The molecule has 4 nitrogen and oxygen atoms in total. The van der Waals surface area contributed by atoms with Crippen LogP contribution in [0.25, 0.3) is 0 Å². The molecule has 5 heteroatoms. The van der Waals surface area contributed by atoms with E-state index in [1.165, 1.54) is 0 Å². The molecule has 1 fully saturated rings. The number of rotatable bonds is 2. The normalized spacial score (nSPS) is 25.8. The summed E-state index contributed by atoms with van der Waals surface area (Å²) in [6.45, 7) is 0. The zero-order valence-electron chi connectivity index (χ0n) is 6.96. The predicted octanol–water partition coefficient (Wildman–Crippen LogP) is 1.34. The van der Waals surface area contributed by atoms with Crippen LogP contribution in [0.5, 0.6) is 0 Å². The molecule has 0 atom stereocenters. The Labute approximate surface area is 82.0 Å². The fourth-order valence-corrected chi connectivity index (χ4v) is 1.50. The average Bonchev–Trinajstić information content (AvgIpc) is 2.34. The van der Waals surface area contributed by atoms with Gasteiger partial charge >= 0.3 is 5.97 Å². The lowest BCUT2D eigenvalue weighted by molar-refractivity contribution is -0.146. The van der Waals surface area contributed by atoms with Crippen LogP contribution in [-0.2, 0) is 4.79 Å². The van der Waals surface area contributed by atoms with Gasteiger partial charge in [0, 0.05) is 12.4 Å². The Balaban J connectivity index is 0.000000845. The zero-order chi connectivity index (χ0) is 8.55. The minimum Gasteiger partial charge on any atom is -0.481 e. The van der Waals surface area contributed by atoms with E-state index in [1.807, 2.05) is 16.9 Å². The van der Waals surface area contributed by atoms with Crippen LogP contribution in [0.1, 0.15) is 18.9 Å². The minimum absolute atomic E-state index is 0. The van der Waals surface area contributed by atoms with Gasteiger partial charge in [-0.05, 0) is 18.9 Å². The fraction of sp³-hybridized carbons (Fsp3) is 0.500. The number of nitrogens with zero attached hydrogens (tertiary/aromatic N) is 2. The molecule has 1 aliphatic rings. The number of carboxylic acids is 1. The maximum absolute atomic E-state index is 10.5. The van der Waals surface area contributed by atoms with Gasteiger partial charge in [-0.1, -0.05) is 0 Å². The van der Waals surface area contributed by atoms with Gasteiger partial charge in [0.25, 0.3) is 0 Å². The minimum atomic E-state index is -0.682. The molecule has 0 unspecified atom stereocenters.